The van der Waals surface area contributed by atoms with Gasteiger partial charge in [-0.2, -0.15) is 10.2 Å². The summed E-state index contributed by atoms with van der Waals surface area (Å²) in [6.07, 6.45) is 13.4. The van der Waals surface area contributed by atoms with Gasteiger partial charge in [-0.05, 0) is 55.4 Å². The third-order valence-corrected chi connectivity index (χ3v) is 6.49. The monoisotopic (exact) mass is 400 g/mol. The Kier molecular flexibility index (Phi) is 8.14. The average Bonchev–Trinajstić information content (AvgIpc) is 2.74. The lowest BCUT2D eigenvalue weighted by molar-refractivity contribution is 0.248. The standard InChI is InChI=1S/C25H34F2N2/c1-3-4-5-6-7-19-9-11-20(12-10-19)13-14-21-15-16-22(25(27)24(21)26)23-17-8-18(2)28-29-23/h8,15-17,19-20H,3-7,9-14H2,1-2H3. The van der Waals surface area contributed by atoms with Crippen LogP contribution in [0.15, 0.2) is 24.3 Å². The molecule has 29 heavy (non-hydrogen) atoms. The number of halogens is 2. The number of aryl methyl sites for hydroxylation is 2. The molecule has 0 saturated heterocycles. The van der Waals surface area contributed by atoms with Crippen LogP contribution in [0.25, 0.3) is 11.3 Å². The Morgan fingerprint density at radius 2 is 1.55 bits per heavy atom. The minimum atomic E-state index is -0.809. The number of aromatic nitrogens is 2. The van der Waals surface area contributed by atoms with Crippen LogP contribution in [0.4, 0.5) is 8.78 Å². The zero-order valence-corrected chi connectivity index (χ0v) is 17.9. The van der Waals surface area contributed by atoms with E-state index in [-0.39, 0.29) is 5.56 Å². The van der Waals surface area contributed by atoms with Gasteiger partial charge in [0.15, 0.2) is 11.6 Å². The van der Waals surface area contributed by atoms with E-state index in [2.05, 4.69) is 17.1 Å². The first-order valence-electron chi connectivity index (χ1n) is 11.4. The van der Waals surface area contributed by atoms with E-state index in [1.165, 1.54) is 57.8 Å². The second-order valence-electron chi connectivity index (χ2n) is 8.73. The lowest BCUT2D eigenvalue weighted by Crippen LogP contribution is -2.15. The molecule has 1 heterocycles. The summed E-state index contributed by atoms with van der Waals surface area (Å²) in [5.74, 6) is -0.00916. The van der Waals surface area contributed by atoms with E-state index in [4.69, 9.17) is 0 Å². The van der Waals surface area contributed by atoms with E-state index in [9.17, 15) is 8.78 Å². The lowest BCUT2D eigenvalue weighted by Gasteiger charge is -2.28. The molecule has 0 bridgehead atoms. The second kappa shape index (κ2) is 10.8. The van der Waals surface area contributed by atoms with Crippen molar-refractivity contribution in [2.45, 2.75) is 84.5 Å². The highest BCUT2D eigenvalue weighted by Gasteiger charge is 2.22. The summed E-state index contributed by atoms with van der Waals surface area (Å²) >= 11 is 0. The molecule has 1 fully saturated rings. The summed E-state index contributed by atoms with van der Waals surface area (Å²) < 4.78 is 29.2. The summed E-state index contributed by atoms with van der Waals surface area (Å²) in [5, 5.41) is 7.92. The van der Waals surface area contributed by atoms with Crippen molar-refractivity contribution >= 4 is 0 Å². The van der Waals surface area contributed by atoms with Gasteiger partial charge in [0.05, 0.1) is 11.4 Å². The highest BCUT2D eigenvalue weighted by atomic mass is 19.2. The predicted octanol–water partition coefficient (Wildman–Crippen LogP) is 7.44. The van der Waals surface area contributed by atoms with Gasteiger partial charge in [0.25, 0.3) is 0 Å². The Labute approximate surface area is 174 Å². The number of unbranched alkanes of at least 4 members (excludes halogenated alkanes) is 3. The summed E-state index contributed by atoms with van der Waals surface area (Å²) in [4.78, 5) is 0. The van der Waals surface area contributed by atoms with Gasteiger partial charge in [-0.3, -0.25) is 0 Å². The average molecular weight is 401 g/mol. The van der Waals surface area contributed by atoms with Crippen molar-refractivity contribution in [2.24, 2.45) is 11.8 Å². The number of hydrogen-bond acceptors (Lipinski definition) is 2. The SMILES string of the molecule is CCCCCCC1CCC(CCc2ccc(-c3ccc(C)nn3)c(F)c2F)CC1. The van der Waals surface area contributed by atoms with Gasteiger partial charge in [-0.1, -0.05) is 70.8 Å². The van der Waals surface area contributed by atoms with Crippen LogP contribution in [0, 0.1) is 30.4 Å². The van der Waals surface area contributed by atoms with Crippen LogP contribution in [0.1, 0.15) is 82.4 Å². The van der Waals surface area contributed by atoms with Crippen LogP contribution in [0.5, 0.6) is 0 Å². The third kappa shape index (κ3) is 6.07. The summed E-state index contributed by atoms with van der Waals surface area (Å²) in [6.45, 7) is 4.07. The van der Waals surface area contributed by atoms with Gasteiger partial charge in [0.1, 0.15) is 0 Å². The molecule has 0 spiro atoms. The third-order valence-electron chi connectivity index (χ3n) is 6.49. The van der Waals surface area contributed by atoms with Crippen LogP contribution < -0.4 is 0 Å². The first-order valence-corrected chi connectivity index (χ1v) is 11.4. The van der Waals surface area contributed by atoms with Crippen molar-refractivity contribution in [3.8, 4) is 11.3 Å². The molecule has 1 saturated carbocycles. The van der Waals surface area contributed by atoms with Gasteiger partial charge < -0.3 is 0 Å². The molecule has 1 aromatic heterocycles. The Morgan fingerprint density at radius 1 is 0.828 bits per heavy atom. The molecule has 3 rings (SSSR count). The van der Waals surface area contributed by atoms with Crippen LogP contribution in [-0.2, 0) is 6.42 Å². The van der Waals surface area contributed by atoms with Crippen molar-refractivity contribution in [3.05, 3.63) is 47.2 Å². The molecule has 158 valence electrons. The molecule has 1 aromatic carbocycles. The molecule has 1 aliphatic rings. The Balaban J connectivity index is 1.50. The van der Waals surface area contributed by atoms with Gasteiger partial charge >= 0.3 is 0 Å². The van der Waals surface area contributed by atoms with Gasteiger partial charge in [0, 0.05) is 5.56 Å². The van der Waals surface area contributed by atoms with Gasteiger partial charge in [-0.15, -0.1) is 0 Å². The highest BCUT2D eigenvalue weighted by Crippen LogP contribution is 2.35. The normalized spacial score (nSPS) is 19.4. The van der Waals surface area contributed by atoms with E-state index >= 15 is 0 Å². The zero-order chi connectivity index (χ0) is 20.6. The van der Waals surface area contributed by atoms with Crippen molar-refractivity contribution in [1.82, 2.24) is 10.2 Å². The van der Waals surface area contributed by atoms with E-state index < -0.39 is 11.6 Å². The van der Waals surface area contributed by atoms with E-state index in [1.54, 1.807) is 24.3 Å². The summed E-state index contributed by atoms with van der Waals surface area (Å²) in [7, 11) is 0. The summed E-state index contributed by atoms with van der Waals surface area (Å²) in [5.41, 5.74) is 1.79. The van der Waals surface area contributed by atoms with Crippen molar-refractivity contribution in [1.29, 1.82) is 0 Å². The number of hydrogen-bond donors (Lipinski definition) is 0. The lowest BCUT2D eigenvalue weighted by atomic mass is 9.77. The topological polar surface area (TPSA) is 25.8 Å². The number of nitrogens with zero attached hydrogens (tertiary/aromatic N) is 2. The minimum absolute atomic E-state index is 0.183. The van der Waals surface area contributed by atoms with Crippen molar-refractivity contribution in [2.75, 3.05) is 0 Å². The Morgan fingerprint density at radius 3 is 2.21 bits per heavy atom. The van der Waals surface area contributed by atoms with E-state index in [1.807, 2.05) is 6.92 Å². The summed E-state index contributed by atoms with van der Waals surface area (Å²) in [6, 6.07) is 6.79. The van der Waals surface area contributed by atoms with Crippen LogP contribution in [0.2, 0.25) is 0 Å². The molecule has 2 aromatic rings. The molecular formula is C25H34F2N2. The van der Waals surface area contributed by atoms with Gasteiger partial charge in [-0.25, -0.2) is 8.78 Å². The molecule has 0 aliphatic heterocycles. The molecule has 0 N–H and O–H groups in total. The molecule has 2 nitrogen and oxygen atoms in total. The van der Waals surface area contributed by atoms with Crippen LogP contribution in [0.3, 0.4) is 0 Å². The largest absolute Gasteiger partial charge is 0.203 e. The van der Waals surface area contributed by atoms with E-state index in [0.717, 1.165) is 18.0 Å². The zero-order valence-electron chi connectivity index (χ0n) is 17.9. The smallest absolute Gasteiger partial charge is 0.168 e. The predicted molar refractivity (Wildman–Crippen MR) is 115 cm³/mol. The maximum Gasteiger partial charge on any atom is 0.168 e. The number of benzene rings is 1. The first-order chi connectivity index (χ1) is 14.1. The minimum Gasteiger partial charge on any atom is -0.203 e. The second-order valence-corrected chi connectivity index (χ2v) is 8.73. The van der Waals surface area contributed by atoms with Crippen molar-refractivity contribution in [3.63, 3.8) is 0 Å². The molecule has 1 aliphatic carbocycles. The van der Waals surface area contributed by atoms with Gasteiger partial charge in [0.2, 0.25) is 0 Å². The van der Waals surface area contributed by atoms with E-state index in [0.29, 0.717) is 23.6 Å². The number of rotatable bonds is 9. The molecule has 0 radical (unpaired) electrons. The quantitative estimate of drug-likeness (QED) is 0.409. The highest BCUT2D eigenvalue weighted by molar-refractivity contribution is 5.60. The van der Waals surface area contributed by atoms with Crippen molar-refractivity contribution < 1.29 is 8.78 Å². The molecule has 0 amide bonds. The fraction of sp³-hybridized carbons (Fsp3) is 0.600. The molecule has 4 heteroatoms. The molecule has 0 atom stereocenters. The first kappa shape index (κ1) is 21.9. The Bertz CT molecular complexity index is 765. The maximum absolute atomic E-state index is 14.6. The maximum atomic E-state index is 14.6. The van der Waals surface area contributed by atoms with Crippen LogP contribution in [-0.4, -0.2) is 10.2 Å². The molecule has 0 unspecified atom stereocenters. The fourth-order valence-electron chi connectivity index (χ4n) is 4.55. The van der Waals surface area contributed by atoms with Crippen LogP contribution >= 0.6 is 0 Å². The fourth-order valence-corrected chi connectivity index (χ4v) is 4.55. The Hall–Kier alpha value is -1.84. The molecular weight excluding hydrogens is 366 g/mol.